The van der Waals surface area contributed by atoms with Gasteiger partial charge in [-0.15, -0.1) is 0 Å². The van der Waals surface area contributed by atoms with E-state index in [0.29, 0.717) is 6.04 Å². The Labute approximate surface area is 92.8 Å². The summed E-state index contributed by atoms with van der Waals surface area (Å²) in [5.41, 5.74) is 2.43. The van der Waals surface area contributed by atoms with E-state index in [1.54, 1.807) is 0 Å². The van der Waals surface area contributed by atoms with Gasteiger partial charge in [-0.25, -0.2) is 0 Å². The van der Waals surface area contributed by atoms with Gasteiger partial charge in [-0.3, -0.25) is 0 Å². The van der Waals surface area contributed by atoms with Gasteiger partial charge in [-0.2, -0.15) is 0 Å². The van der Waals surface area contributed by atoms with Crippen molar-refractivity contribution in [1.82, 2.24) is 0 Å². The Hall–Kier alpha value is -0.540. The van der Waals surface area contributed by atoms with Gasteiger partial charge in [0, 0.05) is 16.8 Å². The highest BCUT2D eigenvalue weighted by molar-refractivity contribution is 9.10. The van der Waals surface area contributed by atoms with Crippen molar-refractivity contribution < 1.29 is 4.74 Å². The summed E-state index contributed by atoms with van der Waals surface area (Å²) < 4.78 is 6.48. The Kier molecular flexibility index (Phi) is 3.08. The number of nitrogens with one attached hydrogen (secondary N) is 1. The van der Waals surface area contributed by atoms with Gasteiger partial charge in [0.05, 0.1) is 12.6 Å². The molecule has 1 aliphatic rings. The van der Waals surface area contributed by atoms with Crippen molar-refractivity contribution in [3.8, 4) is 0 Å². The van der Waals surface area contributed by atoms with Gasteiger partial charge in [0.1, 0.15) is 0 Å². The normalized spacial score (nSPS) is 21.1. The molecular weight excluding hydrogens is 242 g/mol. The Morgan fingerprint density at radius 2 is 2.36 bits per heavy atom. The lowest BCUT2D eigenvalue weighted by Crippen LogP contribution is -2.19. The molecule has 0 aliphatic carbocycles. The first-order chi connectivity index (χ1) is 6.77. The minimum atomic E-state index is 0.466. The third kappa shape index (κ3) is 2.10. The maximum absolute atomic E-state index is 5.32. The monoisotopic (exact) mass is 255 g/mol. The maximum Gasteiger partial charge on any atom is 0.0668 e. The molecule has 1 aliphatic heterocycles. The summed E-state index contributed by atoms with van der Waals surface area (Å²) in [6.45, 7) is 3.79. The van der Waals surface area contributed by atoms with Crippen molar-refractivity contribution in [2.24, 2.45) is 0 Å². The molecule has 1 unspecified atom stereocenters. The predicted octanol–water partition coefficient (Wildman–Crippen LogP) is 2.96. The van der Waals surface area contributed by atoms with Crippen molar-refractivity contribution in [2.45, 2.75) is 19.4 Å². The van der Waals surface area contributed by atoms with E-state index in [2.05, 4.69) is 46.4 Å². The zero-order valence-corrected chi connectivity index (χ0v) is 9.80. The van der Waals surface area contributed by atoms with Gasteiger partial charge in [0.2, 0.25) is 0 Å². The standard InChI is InChI=1S/C11H14BrNO/c1-8-3-2-4-10(11(8)12)13-9-5-6-14-7-9/h2-4,9,13H,5-7H2,1H3. The fraction of sp³-hybridized carbons (Fsp3) is 0.455. The van der Waals surface area contributed by atoms with Crippen molar-refractivity contribution in [2.75, 3.05) is 18.5 Å². The van der Waals surface area contributed by atoms with Crippen LogP contribution in [0.15, 0.2) is 22.7 Å². The van der Waals surface area contributed by atoms with Crippen molar-refractivity contribution in [1.29, 1.82) is 0 Å². The molecule has 0 bridgehead atoms. The molecule has 0 amide bonds. The molecule has 0 spiro atoms. The van der Waals surface area contributed by atoms with Crippen LogP contribution in [0.3, 0.4) is 0 Å². The van der Waals surface area contributed by atoms with Gasteiger partial charge in [0.25, 0.3) is 0 Å². The van der Waals surface area contributed by atoms with Crippen molar-refractivity contribution in [3.05, 3.63) is 28.2 Å². The van der Waals surface area contributed by atoms with E-state index >= 15 is 0 Å². The molecular formula is C11H14BrNO. The Morgan fingerprint density at radius 1 is 1.50 bits per heavy atom. The zero-order chi connectivity index (χ0) is 9.97. The first-order valence-corrected chi connectivity index (χ1v) is 5.66. The van der Waals surface area contributed by atoms with Gasteiger partial charge in [-0.1, -0.05) is 12.1 Å². The first kappa shape index (κ1) is 9.99. The highest BCUT2D eigenvalue weighted by Crippen LogP contribution is 2.27. The number of hydrogen-bond acceptors (Lipinski definition) is 2. The summed E-state index contributed by atoms with van der Waals surface area (Å²) in [5, 5.41) is 3.48. The summed E-state index contributed by atoms with van der Waals surface area (Å²) in [4.78, 5) is 0. The summed E-state index contributed by atoms with van der Waals surface area (Å²) in [6, 6.07) is 6.72. The Morgan fingerprint density at radius 3 is 3.07 bits per heavy atom. The Bertz CT molecular complexity index is 321. The van der Waals surface area contributed by atoms with E-state index in [9.17, 15) is 0 Å². The highest BCUT2D eigenvalue weighted by Gasteiger charge is 2.16. The van der Waals surface area contributed by atoms with E-state index < -0.39 is 0 Å². The summed E-state index contributed by atoms with van der Waals surface area (Å²) in [5.74, 6) is 0. The smallest absolute Gasteiger partial charge is 0.0668 e. The molecule has 76 valence electrons. The molecule has 3 heteroatoms. The average Bonchev–Trinajstić information content (AvgIpc) is 2.66. The topological polar surface area (TPSA) is 21.3 Å². The first-order valence-electron chi connectivity index (χ1n) is 4.87. The van der Waals surface area contributed by atoms with Gasteiger partial charge >= 0.3 is 0 Å². The van der Waals surface area contributed by atoms with Crippen molar-refractivity contribution >= 4 is 21.6 Å². The second kappa shape index (κ2) is 4.32. The largest absolute Gasteiger partial charge is 0.379 e. The second-order valence-electron chi connectivity index (χ2n) is 3.64. The van der Waals surface area contributed by atoms with Crippen molar-refractivity contribution in [3.63, 3.8) is 0 Å². The molecule has 1 heterocycles. The number of rotatable bonds is 2. The van der Waals surface area contributed by atoms with Crippen LogP contribution in [-0.2, 0) is 4.74 Å². The average molecular weight is 256 g/mol. The van der Waals surface area contributed by atoms with Crippen LogP contribution < -0.4 is 5.32 Å². The second-order valence-corrected chi connectivity index (χ2v) is 4.43. The highest BCUT2D eigenvalue weighted by atomic mass is 79.9. The van der Waals surface area contributed by atoms with E-state index in [-0.39, 0.29) is 0 Å². The van der Waals surface area contributed by atoms with Crippen LogP contribution in [0.4, 0.5) is 5.69 Å². The van der Waals surface area contributed by atoms with E-state index in [1.807, 2.05) is 0 Å². The number of hydrogen-bond donors (Lipinski definition) is 1. The number of ether oxygens (including phenoxy) is 1. The van der Waals surface area contributed by atoms with E-state index in [4.69, 9.17) is 4.74 Å². The molecule has 1 fully saturated rings. The molecule has 1 aromatic carbocycles. The number of benzene rings is 1. The molecule has 1 aromatic rings. The van der Waals surface area contributed by atoms with Crippen LogP contribution in [0, 0.1) is 6.92 Å². The van der Waals surface area contributed by atoms with Gasteiger partial charge in [-0.05, 0) is 40.9 Å². The minimum Gasteiger partial charge on any atom is -0.379 e. The van der Waals surface area contributed by atoms with Gasteiger partial charge < -0.3 is 10.1 Å². The Balaban J connectivity index is 2.11. The van der Waals surface area contributed by atoms with Crippen LogP contribution >= 0.6 is 15.9 Å². The molecule has 1 atom stereocenters. The zero-order valence-electron chi connectivity index (χ0n) is 8.22. The van der Waals surface area contributed by atoms with Crippen LogP contribution in [0.2, 0.25) is 0 Å². The van der Waals surface area contributed by atoms with E-state index in [0.717, 1.165) is 24.1 Å². The van der Waals surface area contributed by atoms with E-state index in [1.165, 1.54) is 11.3 Å². The fourth-order valence-electron chi connectivity index (χ4n) is 1.63. The maximum atomic E-state index is 5.32. The van der Waals surface area contributed by atoms with Crippen LogP contribution in [0.25, 0.3) is 0 Å². The summed E-state index contributed by atoms with van der Waals surface area (Å²) >= 11 is 3.58. The van der Waals surface area contributed by atoms with Crippen LogP contribution in [0.5, 0.6) is 0 Å². The fourth-order valence-corrected chi connectivity index (χ4v) is 2.01. The SMILES string of the molecule is Cc1cccc(NC2CCOC2)c1Br. The van der Waals surface area contributed by atoms with Crippen LogP contribution in [-0.4, -0.2) is 19.3 Å². The molecule has 0 radical (unpaired) electrons. The third-order valence-corrected chi connectivity index (χ3v) is 3.53. The molecule has 2 rings (SSSR count). The molecule has 0 saturated carbocycles. The third-order valence-electron chi connectivity index (χ3n) is 2.48. The molecule has 1 saturated heterocycles. The number of anilines is 1. The van der Waals surface area contributed by atoms with Gasteiger partial charge in [0.15, 0.2) is 0 Å². The summed E-state index contributed by atoms with van der Waals surface area (Å²) in [6.07, 6.45) is 1.10. The lowest BCUT2D eigenvalue weighted by molar-refractivity contribution is 0.195. The molecule has 14 heavy (non-hydrogen) atoms. The molecule has 0 aromatic heterocycles. The number of aryl methyl sites for hydroxylation is 1. The quantitative estimate of drug-likeness (QED) is 0.878. The molecule has 2 nitrogen and oxygen atoms in total. The molecule has 1 N–H and O–H groups in total. The minimum absolute atomic E-state index is 0.466. The lowest BCUT2D eigenvalue weighted by Gasteiger charge is -2.14. The van der Waals surface area contributed by atoms with Crippen LogP contribution in [0.1, 0.15) is 12.0 Å². The predicted molar refractivity (Wildman–Crippen MR) is 61.7 cm³/mol. The lowest BCUT2D eigenvalue weighted by atomic mass is 10.2. The summed E-state index contributed by atoms with van der Waals surface area (Å²) in [7, 11) is 0. The number of halogens is 1.